The van der Waals surface area contributed by atoms with Crippen molar-refractivity contribution in [3.63, 3.8) is 0 Å². The lowest BCUT2D eigenvalue weighted by Crippen LogP contribution is -2.46. The van der Waals surface area contributed by atoms with Gasteiger partial charge in [0.15, 0.2) is 11.5 Å². The fraction of sp³-hybridized carbons (Fsp3) is 0.286. The van der Waals surface area contributed by atoms with Crippen molar-refractivity contribution in [1.29, 1.82) is 0 Å². The Bertz CT molecular complexity index is 1020. The van der Waals surface area contributed by atoms with E-state index in [0.717, 1.165) is 10.5 Å². The number of ether oxygens (including phenoxy) is 3. The topological polar surface area (TPSA) is 106 Å². The van der Waals surface area contributed by atoms with Crippen LogP contribution in [0.2, 0.25) is 0 Å². The van der Waals surface area contributed by atoms with E-state index in [1.807, 2.05) is 6.07 Å². The van der Waals surface area contributed by atoms with E-state index in [1.165, 1.54) is 7.11 Å². The normalized spacial score (nSPS) is 19.6. The first-order chi connectivity index (χ1) is 14.4. The minimum atomic E-state index is -1.17. The molecule has 2 aliphatic rings. The van der Waals surface area contributed by atoms with Crippen LogP contribution in [0.25, 0.3) is 0 Å². The summed E-state index contributed by atoms with van der Waals surface area (Å²) in [5, 5.41) is 5.37. The lowest BCUT2D eigenvalue weighted by Gasteiger charge is -2.22. The molecule has 9 nitrogen and oxygen atoms in total. The lowest BCUT2D eigenvalue weighted by molar-refractivity contribution is -0.133. The molecule has 2 heterocycles. The highest BCUT2D eigenvalue weighted by Crippen LogP contribution is 2.34. The number of imide groups is 1. The summed E-state index contributed by atoms with van der Waals surface area (Å²) in [6, 6.07) is 11.6. The standard InChI is InChI=1S/C21H21N3O6/c1-21(10-13-7-8-16-17(9-13)30-12-29-16)19(26)24(20(27)23-21)11-18(25)22-14-5-3-4-6-15(14)28-2/h3-9H,10-12H2,1-2H3,(H,22,25)(H,23,27)/t21-/m0/s1. The fourth-order valence-corrected chi connectivity index (χ4v) is 3.55. The third-order valence-corrected chi connectivity index (χ3v) is 5.02. The Morgan fingerprint density at radius 3 is 2.77 bits per heavy atom. The summed E-state index contributed by atoms with van der Waals surface area (Å²) in [6.07, 6.45) is 0.249. The minimum absolute atomic E-state index is 0.154. The summed E-state index contributed by atoms with van der Waals surface area (Å²) in [4.78, 5) is 38.8. The summed E-state index contributed by atoms with van der Waals surface area (Å²) in [5.74, 6) is 0.743. The van der Waals surface area contributed by atoms with Gasteiger partial charge >= 0.3 is 6.03 Å². The van der Waals surface area contributed by atoms with E-state index >= 15 is 0 Å². The average Bonchev–Trinajstić information content (AvgIpc) is 3.26. The van der Waals surface area contributed by atoms with Crippen molar-refractivity contribution in [1.82, 2.24) is 10.2 Å². The SMILES string of the molecule is COc1ccccc1NC(=O)CN1C(=O)N[C@@](C)(Cc2ccc3c(c2)OCO3)C1=O. The van der Waals surface area contributed by atoms with Crippen LogP contribution in [0.5, 0.6) is 17.2 Å². The maximum absolute atomic E-state index is 13.0. The smallest absolute Gasteiger partial charge is 0.325 e. The molecule has 0 bridgehead atoms. The molecule has 0 radical (unpaired) electrons. The number of para-hydroxylation sites is 2. The molecule has 4 amide bonds. The molecule has 1 atom stereocenters. The van der Waals surface area contributed by atoms with Gasteiger partial charge in [0.25, 0.3) is 5.91 Å². The molecule has 2 aliphatic heterocycles. The van der Waals surface area contributed by atoms with E-state index in [1.54, 1.807) is 43.3 Å². The van der Waals surface area contributed by atoms with Crippen molar-refractivity contribution in [3.05, 3.63) is 48.0 Å². The molecular weight excluding hydrogens is 390 g/mol. The second-order valence-electron chi connectivity index (χ2n) is 7.27. The zero-order valence-corrected chi connectivity index (χ0v) is 16.6. The molecule has 9 heteroatoms. The fourth-order valence-electron chi connectivity index (χ4n) is 3.55. The van der Waals surface area contributed by atoms with Crippen molar-refractivity contribution in [2.75, 3.05) is 25.8 Å². The van der Waals surface area contributed by atoms with Gasteiger partial charge < -0.3 is 24.8 Å². The number of nitrogens with zero attached hydrogens (tertiary/aromatic N) is 1. The molecule has 2 aromatic rings. The van der Waals surface area contributed by atoms with E-state index < -0.39 is 29.9 Å². The van der Waals surface area contributed by atoms with Crippen LogP contribution in [0, 0.1) is 0 Å². The summed E-state index contributed by atoms with van der Waals surface area (Å²) in [6.45, 7) is 1.39. The number of hydrogen-bond acceptors (Lipinski definition) is 6. The van der Waals surface area contributed by atoms with Crippen LogP contribution in [0.4, 0.5) is 10.5 Å². The van der Waals surface area contributed by atoms with Crippen LogP contribution in [0.3, 0.4) is 0 Å². The molecular formula is C21H21N3O6. The Balaban J connectivity index is 1.44. The monoisotopic (exact) mass is 411 g/mol. The molecule has 0 aliphatic carbocycles. The van der Waals surface area contributed by atoms with Crippen molar-refractivity contribution in [2.24, 2.45) is 0 Å². The number of carbonyl (C=O) groups is 3. The highest BCUT2D eigenvalue weighted by atomic mass is 16.7. The summed E-state index contributed by atoms with van der Waals surface area (Å²) in [5.41, 5.74) is 0.0890. The number of amides is 4. The van der Waals surface area contributed by atoms with Gasteiger partial charge in [-0.2, -0.15) is 0 Å². The summed E-state index contributed by atoms with van der Waals surface area (Å²) >= 11 is 0. The van der Waals surface area contributed by atoms with Crippen molar-refractivity contribution >= 4 is 23.5 Å². The molecule has 0 aromatic heterocycles. The summed E-state index contributed by atoms with van der Waals surface area (Å²) < 4.78 is 15.9. The van der Waals surface area contributed by atoms with Gasteiger partial charge in [-0.15, -0.1) is 0 Å². The molecule has 30 heavy (non-hydrogen) atoms. The number of rotatable bonds is 6. The number of methoxy groups -OCH3 is 1. The van der Waals surface area contributed by atoms with Gasteiger partial charge in [-0.05, 0) is 36.8 Å². The Kier molecular flexibility index (Phi) is 4.94. The Morgan fingerprint density at radius 1 is 1.20 bits per heavy atom. The highest BCUT2D eigenvalue weighted by Gasteiger charge is 2.48. The largest absolute Gasteiger partial charge is 0.495 e. The van der Waals surface area contributed by atoms with Gasteiger partial charge in [-0.25, -0.2) is 4.79 Å². The average molecular weight is 411 g/mol. The molecule has 0 spiro atoms. The Morgan fingerprint density at radius 2 is 1.97 bits per heavy atom. The van der Waals surface area contributed by atoms with E-state index in [2.05, 4.69) is 10.6 Å². The van der Waals surface area contributed by atoms with Gasteiger partial charge in [0.2, 0.25) is 12.7 Å². The first kappa shape index (κ1) is 19.6. The van der Waals surface area contributed by atoms with Crippen LogP contribution in [0.15, 0.2) is 42.5 Å². The molecule has 0 unspecified atom stereocenters. The predicted molar refractivity (Wildman–Crippen MR) is 107 cm³/mol. The van der Waals surface area contributed by atoms with Crippen LogP contribution >= 0.6 is 0 Å². The second-order valence-corrected chi connectivity index (χ2v) is 7.27. The van der Waals surface area contributed by atoms with E-state index in [-0.39, 0.29) is 13.2 Å². The van der Waals surface area contributed by atoms with Gasteiger partial charge in [-0.1, -0.05) is 18.2 Å². The van der Waals surface area contributed by atoms with Crippen LogP contribution in [0.1, 0.15) is 12.5 Å². The van der Waals surface area contributed by atoms with Gasteiger partial charge in [0.1, 0.15) is 17.8 Å². The quantitative estimate of drug-likeness (QED) is 0.704. The predicted octanol–water partition coefficient (Wildman–Crippen LogP) is 1.92. The highest BCUT2D eigenvalue weighted by molar-refractivity contribution is 6.10. The van der Waals surface area contributed by atoms with Crippen LogP contribution in [-0.2, 0) is 16.0 Å². The first-order valence-electron chi connectivity index (χ1n) is 9.35. The molecule has 1 fully saturated rings. The number of benzene rings is 2. The molecule has 2 N–H and O–H groups in total. The van der Waals surface area contributed by atoms with Crippen molar-refractivity contribution < 1.29 is 28.6 Å². The number of carbonyl (C=O) groups excluding carboxylic acids is 3. The van der Waals surface area contributed by atoms with E-state index in [9.17, 15) is 14.4 Å². The van der Waals surface area contributed by atoms with Crippen LogP contribution < -0.4 is 24.8 Å². The molecule has 4 rings (SSSR count). The number of fused-ring (bicyclic) bond motifs is 1. The van der Waals surface area contributed by atoms with Gasteiger partial charge in [0, 0.05) is 6.42 Å². The summed E-state index contributed by atoms with van der Waals surface area (Å²) in [7, 11) is 1.49. The molecule has 0 saturated carbocycles. The number of nitrogens with one attached hydrogen (secondary N) is 2. The first-order valence-corrected chi connectivity index (χ1v) is 9.35. The van der Waals surface area contributed by atoms with Gasteiger partial charge in [0.05, 0.1) is 12.8 Å². The molecule has 2 aromatic carbocycles. The maximum atomic E-state index is 13.0. The lowest BCUT2D eigenvalue weighted by atomic mass is 9.92. The Labute approximate surface area is 172 Å². The van der Waals surface area contributed by atoms with Crippen molar-refractivity contribution in [3.8, 4) is 17.2 Å². The minimum Gasteiger partial charge on any atom is -0.495 e. The number of hydrogen-bond donors (Lipinski definition) is 2. The second kappa shape index (κ2) is 7.58. The third-order valence-electron chi connectivity index (χ3n) is 5.02. The van der Waals surface area contributed by atoms with E-state index in [4.69, 9.17) is 14.2 Å². The molecule has 156 valence electrons. The third kappa shape index (κ3) is 3.61. The molecule has 1 saturated heterocycles. The number of urea groups is 1. The maximum Gasteiger partial charge on any atom is 0.325 e. The van der Waals surface area contributed by atoms with E-state index in [0.29, 0.717) is 22.9 Å². The zero-order chi connectivity index (χ0) is 21.3. The zero-order valence-electron chi connectivity index (χ0n) is 16.6. The Hall–Kier alpha value is -3.75. The number of anilines is 1. The van der Waals surface area contributed by atoms with Crippen LogP contribution in [-0.4, -0.2) is 48.7 Å². The van der Waals surface area contributed by atoms with Crippen molar-refractivity contribution in [2.45, 2.75) is 18.9 Å². The van der Waals surface area contributed by atoms with Gasteiger partial charge in [-0.3, -0.25) is 14.5 Å².